The lowest BCUT2D eigenvalue weighted by molar-refractivity contribution is 0.312. The molecule has 0 radical (unpaired) electrons. The van der Waals surface area contributed by atoms with Gasteiger partial charge in [-0.25, -0.2) is 9.67 Å². The maximum absolute atomic E-state index is 5.61. The third kappa shape index (κ3) is 3.60. The highest BCUT2D eigenvalue weighted by molar-refractivity contribution is 5.76. The molecular formula is C20H26N6O. The fourth-order valence-corrected chi connectivity index (χ4v) is 3.51. The summed E-state index contributed by atoms with van der Waals surface area (Å²) in [7, 11) is 3.85. The highest BCUT2D eigenvalue weighted by Crippen LogP contribution is 2.33. The summed E-state index contributed by atoms with van der Waals surface area (Å²) < 4.78 is 7.56. The van der Waals surface area contributed by atoms with Crippen LogP contribution >= 0.6 is 0 Å². The van der Waals surface area contributed by atoms with Crippen molar-refractivity contribution in [2.75, 3.05) is 26.0 Å². The minimum atomic E-state index is 0.558. The number of aryl methyl sites for hydroxylation is 1. The highest BCUT2D eigenvalue weighted by Gasteiger charge is 2.17. The number of hydrogen-bond acceptors (Lipinski definition) is 6. The van der Waals surface area contributed by atoms with E-state index in [4.69, 9.17) is 9.72 Å². The molecule has 1 aliphatic rings. The number of benzene rings is 1. The van der Waals surface area contributed by atoms with Crippen LogP contribution in [0.15, 0.2) is 24.5 Å². The number of hydrogen-bond donors (Lipinski definition) is 1. The summed E-state index contributed by atoms with van der Waals surface area (Å²) in [6.07, 6.45) is 6.89. The molecule has 1 aromatic carbocycles. The molecule has 4 rings (SSSR count). The van der Waals surface area contributed by atoms with E-state index in [1.807, 2.05) is 17.1 Å². The zero-order valence-electron chi connectivity index (χ0n) is 16.2. The van der Waals surface area contributed by atoms with Crippen LogP contribution in [-0.2, 0) is 19.5 Å². The number of rotatable bonds is 6. The van der Waals surface area contributed by atoms with E-state index in [2.05, 4.69) is 46.4 Å². The monoisotopic (exact) mass is 366 g/mol. The molecule has 0 saturated carbocycles. The first kappa shape index (κ1) is 17.7. The summed E-state index contributed by atoms with van der Waals surface area (Å²) in [6.45, 7) is 5.06. The number of ether oxygens (including phenoxy) is 1. The lowest BCUT2D eigenvalue weighted by Crippen LogP contribution is -2.26. The van der Waals surface area contributed by atoms with E-state index in [1.165, 1.54) is 11.1 Å². The Balaban J connectivity index is 1.66. The van der Waals surface area contributed by atoms with Gasteiger partial charge >= 0.3 is 0 Å². The fraction of sp³-hybridized carbons (Fsp3) is 0.450. The standard InChI is InChI=1S/C20H26N6O/c1-4-5-7-26-19-16(12-22-26)11-21-20(24-19)23-17-9-15-13-25(2)8-6-14(15)10-18(17)27-3/h9-12H,4-8,13H2,1-3H3,(H,21,23,24). The minimum Gasteiger partial charge on any atom is -0.495 e. The van der Waals surface area contributed by atoms with Crippen molar-refractivity contribution in [2.45, 2.75) is 39.3 Å². The SMILES string of the molecule is CCCCn1ncc2cnc(Nc3cc4c(cc3OC)CCN(C)C4)nc21. The van der Waals surface area contributed by atoms with Crippen molar-refractivity contribution in [2.24, 2.45) is 0 Å². The van der Waals surface area contributed by atoms with Gasteiger partial charge in [0, 0.05) is 25.8 Å². The van der Waals surface area contributed by atoms with Crippen molar-refractivity contribution in [1.82, 2.24) is 24.6 Å². The molecule has 0 spiro atoms. The fourth-order valence-electron chi connectivity index (χ4n) is 3.51. The number of methoxy groups -OCH3 is 1. The van der Waals surface area contributed by atoms with Crippen LogP contribution in [0.25, 0.3) is 11.0 Å². The summed E-state index contributed by atoms with van der Waals surface area (Å²) in [6, 6.07) is 4.29. The average molecular weight is 366 g/mol. The Kier molecular flexibility index (Phi) is 4.94. The Labute approximate surface area is 159 Å². The molecule has 0 aliphatic carbocycles. The van der Waals surface area contributed by atoms with Gasteiger partial charge in [0.2, 0.25) is 5.95 Å². The Hall–Kier alpha value is -2.67. The Morgan fingerprint density at radius 3 is 2.93 bits per heavy atom. The maximum Gasteiger partial charge on any atom is 0.229 e. The maximum atomic E-state index is 5.61. The third-order valence-electron chi connectivity index (χ3n) is 5.07. The lowest BCUT2D eigenvalue weighted by atomic mass is 9.99. The van der Waals surface area contributed by atoms with Crippen molar-refractivity contribution >= 4 is 22.7 Å². The molecule has 142 valence electrons. The number of unbranched alkanes of at least 4 members (excludes halogenated alkanes) is 1. The van der Waals surface area contributed by atoms with Gasteiger partial charge in [-0.1, -0.05) is 13.3 Å². The number of anilines is 2. The van der Waals surface area contributed by atoms with E-state index in [9.17, 15) is 0 Å². The van der Waals surface area contributed by atoms with Crippen LogP contribution < -0.4 is 10.1 Å². The van der Waals surface area contributed by atoms with Crippen LogP contribution in [0, 0.1) is 0 Å². The van der Waals surface area contributed by atoms with Crippen LogP contribution in [0.1, 0.15) is 30.9 Å². The lowest BCUT2D eigenvalue weighted by Gasteiger charge is -2.26. The summed E-state index contributed by atoms with van der Waals surface area (Å²) >= 11 is 0. The molecule has 0 saturated heterocycles. The van der Waals surface area contributed by atoms with Crippen molar-refractivity contribution in [1.29, 1.82) is 0 Å². The molecule has 0 bridgehead atoms. The molecule has 27 heavy (non-hydrogen) atoms. The van der Waals surface area contributed by atoms with Gasteiger partial charge in [0.1, 0.15) is 5.75 Å². The largest absolute Gasteiger partial charge is 0.495 e. The Morgan fingerprint density at radius 2 is 2.11 bits per heavy atom. The predicted octanol–water partition coefficient (Wildman–Crippen LogP) is 3.37. The average Bonchev–Trinajstić information content (AvgIpc) is 3.08. The van der Waals surface area contributed by atoms with Crippen LogP contribution in [0.5, 0.6) is 5.75 Å². The van der Waals surface area contributed by atoms with E-state index >= 15 is 0 Å². The summed E-state index contributed by atoms with van der Waals surface area (Å²) in [5, 5.41) is 8.74. The van der Waals surface area contributed by atoms with Gasteiger partial charge in [-0.15, -0.1) is 0 Å². The molecule has 0 atom stereocenters. The van der Waals surface area contributed by atoms with E-state index in [-0.39, 0.29) is 0 Å². The molecule has 0 amide bonds. The number of nitrogens with one attached hydrogen (secondary N) is 1. The van der Waals surface area contributed by atoms with Crippen molar-refractivity contribution in [3.8, 4) is 5.75 Å². The first-order valence-corrected chi connectivity index (χ1v) is 9.52. The van der Waals surface area contributed by atoms with Crippen LogP contribution in [0.3, 0.4) is 0 Å². The zero-order valence-corrected chi connectivity index (χ0v) is 16.2. The van der Waals surface area contributed by atoms with Crippen molar-refractivity contribution in [3.63, 3.8) is 0 Å². The van der Waals surface area contributed by atoms with E-state index in [0.29, 0.717) is 5.95 Å². The summed E-state index contributed by atoms with van der Waals surface area (Å²) in [5.74, 6) is 1.38. The van der Waals surface area contributed by atoms with E-state index < -0.39 is 0 Å². The third-order valence-corrected chi connectivity index (χ3v) is 5.07. The van der Waals surface area contributed by atoms with Crippen molar-refractivity contribution in [3.05, 3.63) is 35.7 Å². The van der Waals surface area contributed by atoms with Crippen LogP contribution in [0.2, 0.25) is 0 Å². The molecule has 7 heteroatoms. The first-order valence-electron chi connectivity index (χ1n) is 9.52. The topological polar surface area (TPSA) is 68.1 Å². The smallest absolute Gasteiger partial charge is 0.229 e. The van der Waals surface area contributed by atoms with Gasteiger partial charge in [0.25, 0.3) is 0 Å². The van der Waals surface area contributed by atoms with Gasteiger partial charge in [-0.2, -0.15) is 10.1 Å². The van der Waals surface area contributed by atoms with E-state index in [1.54, 1.807) is 7.11 Å². The van der Waals surface area contributed by atoms with Gasteiger partial charge < -0.3 is 15.0 Å². The molecule has 0 unspecified atom stereocenters. The van der Waals surface area contributed by atoms with E-state index in [0.717, 1.165) is 61.4 Å². The van der Waals surface area contributed by atoms with Gasteiger partial charge in [0.15, 0.2) is 5.65 Å². The van der Waals surface area contributed by atoms with Crippen molar-refractivity contribution < 1.29 is 4.74 Å². The molecule has 0 fully saturated rings. The number of nitrogens with zero attached hydrogens (tertiary/aromatic N) is 5. The normalized spacial score (nSPS) is 14.3. The second-order valence-electron chi connectivity index (χ2n) is 7.13. The van der Waals surface area contributed by atoms with Gasteiger partial charge in [-0.3, -0.25) is 0 Å². The first-order chi connectivity index (χ1) is 13.2. The minimum absolute atomic E-state index is 0.558. The van der Waals surface area contributed by atoms with Gasteiger partial charge in [0.05, 0.1) is 24.4 Å². The molecule has 2 aromatic heterocycles. The highest BCUT2D eigenvalue weighted by atomic mass is 16.5. The number of aromatic nitrogens is 4. The Bertz CT molecular complexity index is 951. The van der Waals surface area contributed by atoms with Gasteiger partial charge in [-0.05, 0) is 43.1 Å². The molecule has 7 nitrogen and oxygen atoms in total. The van der Waals surface area contributed by atoms with Crippen LogP contribution in [-0.4, -0.2) is 45.4 Å². The number of likely N-dealkylation sites (N-methyl/N-ethyl adjacent to an activating group) is 1. The summed E-state index contributed by atoms with van der Waals surface area (Å²) in [4.78, 5) is 11.5. The molecule has 3 heterocycles. The molecule has 1 N–H and O–H groups in total. The molecular weight excluding hydrogens is 340 g/mol. The van der Waals surface area contributed by atoms with Crippen LogP contribution in [0.4, 0.5) is 11.6 Å². The quantitative estimate of drug-likeness (QED) is 0.721. The molecule has 3 aromatic rings. The number of fused-ring (bicyclic) bond motifs is 2. The summed E-state index contributed by atoms with van der Waals surface area (Å²) in [5.41, 5.74) is 4.42. The molecule has 1 aliphatic heterocycles. The zero-order chi connectivity index (χ0) is 18.8. The second-order valence-corrected chi connectivity index (χ2v) is 7.13. The second kappa shape index (κ2) is 7.52. The Morgan fingerprint density at radius 1 is 1.22 bits per heavy atom. The predicted molar refractivity (Wildman–Crippen MR) is 107 cm³/mol.